The van der Waals surface area contributed by atoms with Crippen molar-refractivity contribution < 1.29 is 14.6 Å². The Morgan fingerprint density at radius 2 is 1.45 bits per heavy atom. The molecule has 3 nitrogen and oxygen atoms in total. The Labute approximate surface area is 118 Å². The maximum atomic E-state index is 10.5. The van der Waals surface area contributed by atoms with E-state index in [0.29, 0.717) is 6.61 Å². The first-order valence-corrected chi connectivity index (χ1v) is 6.67. The normalized spacial score (nSPS) is 10.7. The molecule has 0 unspecified atom stereocenters. The molecule has 2 rings (SSSR count). The van der Waals surface area contributed by atoms with Gasteiger partial charge in [0, 0.05) is 12.5 Å². The van der Waals surface area contributed by atoms with Gasteiger partial charge in [-0.1, -0.05) is 60.7 Å². The zero-order valence-corrected chi connectivity index (χ0v) is 11.2. The van der Waals surface area contributed by atoms with Gasteiger partial charge in [0.15, 0.2) is 0 Å². The Hall–Kier alpha value is -2.13. The predicted octanol–water partition coefficient (Wildman–Crippen LogP) is 3.31. The number of aliphatic carboxylic acids is 1. The van der Waals surface area contributed by atoms with Gasteiger partial charge in [-0.05, 0) is 17.5 Å². The molecule has 0 saturated carbocycles. The SMILES string of the molecule is O=C(O)COCCC(c1ccccc1)c1ccccc1. The summed E-state index contributed by atoms with van der Waals surface area (Å²) in [6.07, 6.45) is 0.765. The monoisotopic (exact) mass is 270 g/mol. The van der Waals surface area contributed by atoms with Crippen LogP contribution in [0, 0.1) is 0 Å². The van der Waals surface area contributed by atoms with E-state index in [9.17, 15) is 4.79 Å². The molecule has 2 aromatic rings. The molecule has 0 heterocycles. The van der Waals surface area contributed by atoms with Crippen molar-refractivity contribution in [2.45, 2.75) is 12.3 Å². The number of rotatable bonds is 7. The van der Waals surface area contributed by atoms with Crippen LogP contribution >= 0.6 is 0 Å². The van der Waals surface area contributed by atoms with Crippen molar-refractivity contribution >= 4 is 5.97 Å². The van der Waals surface area contributed by atoms with E-state index in [4.69, 9.17) is 9.84 Å². The number of carbonyl (C=O) groups is 1. The summed E-state index contributed by atoms with van der Waals surface area (Å²) >= 11 is 0. The smallest absolute Gasteiger partial charge is 0.329 e. The summed E-state index contributed by atoms with van der Waals surface area (Å²) in [5.41, 5.74) is 2.44. The summed E-state index contributed by atoms with van der Waals surface area (Å²) in [4.78, 5) is 10.5. The summed E-state index contributed by atoms with van der Waals surface area (Å²) < 4.78 is 5.17. The topological polar surface area (TPSA) is 46.5 Å². The summed E-state index contributed by atoms with van der Waals surface area (Å²) in [5.74, 6) is -0.702. The molecule has 0 aliphatic heterocycles. The number of benzene rings is 2. The Morgan fingerprint density at radius 3 is 1.90 bits per heavy atom. The van der Waals surface area contributed by atoms with Crippen LogP contribution in [0.1, 0.15) is 23.5 Å². The third-order valence-corrected chi connectivity index (χ3v) is 3.18. The lowest BCUT2D eigenvalue weighted by atomic mass is 9.89. The highest BCUT2D eigenvalue weighted by atomic mass is 16.5. The Morgan fingerprint density at radius 1 is 0.950 bits per heavy atom. The average molecular weight is 270 g/mol. The van der Waals surface area contributed by atoms with Crippen molar-refractivity contribution in [2.75, 3.05) is 13.2 Å². The van der Waals surface area contributed by atoms with Crippen LogP contribution < -0.4 is 0 Å². The van der Waals surface area contributed by atoms with Gasteiger partial charge in [-0.25, -0.2) is 4.79 Å². The standard InChI is InChI=1S/C17H18O3/c18-17(19)13-20-12-11-16(14-7-3-1-4-8-14)15-9-5-2-6-10-15/h1-10,16H,11-13H2,(H,18,19). The van der Waals surface area contributed by atoms with E-state index in [0.717, 1.165) is 6.42 Å². The van der Waals surface area contributed by atoms with Gasteiger partial charge < -0.3 is 9.84 Å². The van der Waals surface area contributed by atoms with E-state index in [1.807, 2.05) is 36.4 Å². The van der Waals surface area contributed by atoms with Crippen LogP contribution in [-0.4, -0.2) is 24.3 Å². The highest BCUT2D eigenvalue weighted by Gasteiger charge is 2.13. The molecule has 0 saturated heterocycles. The van der Waals surface area contributed by atoms with Crippen molar-refractivity contribution in [3.8, 4) is 0 Å². The predicted molar refractivity (Wildman–Crippen MR) is 77.8 cm³/mol. The van der Waals surface area contributed by atoms with Crippen LogP contribution in [0.25, 0.3) is 0 Å². The fourth-order valence-electron chi connectivity index (χ4n) is 2.26. The summed E-state index contributed by atoms with van der Waals surface area (Å²) in [5, 5.41) is 8.59. The lowest BCUT2D eigenvalue weighted by Crippen LogP contribution is -2.11. The molecule has 0 amide bonds. The van der Waals surface area contributed by atoms with Gasteiger partial charge in [0.2, 0.25) is 0 Å². The van der Waals surface area contributed by atoms with Gasteiger partial charge in [-0.2, -0.15) is 0 Å². The van der Waals surface area contributed by atoms with E-state index in [1.54, 1.807) is 0 Å². The van der Waals surface area contributed by atoms with Crippen LogP contribution in [0.3, 0.4) is 0 Å². The molecule has 1 N–H and O–H groups in total. The van der Waals surface area contributed by atoms with Crippen LogP contribution in [0.5, 0.6) is 0 Å². The second kappa shape index (κ2) is 7.46. The molecule has 0 fully saturated rings. The minimum atomic E-state index is -0.930. The van der Waals surface area contributed by atoms with Crippen LogP contribution in [0.15, 0.2) is 60.7 Å². The van der Waals surface area contributed by atoms with Crippen molar-refractivity contribution in [3.63, 3.8) is 0 Å². The van der Waals surface area contributed by atoms with Crippen molar-refractivity contribution in [2.24, 2.45) is 0 Å². The number of hydrogen-bond acceptors (Lipinski definition) is 2. The molecule has 0 aliphatic carbocycles. The fraction of sp³-hybridized carbons (Fsp3) is 0.235. The van der Waals surface area contributed by atoms with Crippen LogP contribution in [0.4, 0.5) is 0 Å². The Kier molecular flexibility index (Phi) is 5.33. The summed E-state index contributed by atoms with van der Waals surface area (Å²) in [6, 6.07) is 20.4. The molecular formula is C17H18O3. The molecule has 0 aliphatic rings. The van der Waals surface area contributed by atoms with Gasteiger partial charge in [0.25, 0.3) is 0 Å². The molecule has 0 aromatic heterocycles. The van der Waals surface area contributed by atoms with Crippen LogP contribution in [-0.2, 0) is 9.53 Å². The maximum absolute atomic E-state index is 10.5. The zero-order chi connectivity index (χ0) is 14.2. The number of carboxylic acids is 1. The van der Waals surface area contributed by atoms with Gasteiger partial charge in [0.05, 0.1) is 0 Å². The molecule has 0 bridgehead atoms. The third kappa shape index (κ3) is 4.21. The lowest BCUT2D eigenvalue weighted by molar-refractivity contribution is -0.142. The maximum Gasteiger partial charge on any atom is 0.329 e. The number of ether oxygens (including phenoxy) is 1. The van der Waals surface area contributed by atoms with Crippen molar-refractivity contribution in [1.82, 2.24) is 0 Å². The highest BCUT2D eigenvalue weighted by molar-refractivity contribution is 5.67. The van der Waals surface area contributed by atoms with Gasteiger partial charge in [-0.15, -0.1) is 0 Å². The van der Waals surface area contributed by atoms with E-state index < -0.39 is 5.97 Å². The van der Waals surface area contributed by atoms with Gasteiger partial charge in [0.1, 0.15) is 6.61 Å². The quantitative estimate of drug-likeness (QED) is 0.785. The Bertz CT molecular complexity index is 483. The molecule has 3 heteroatoms. The zero-order valence-electron chi connectivity index (χ0n) is 11.2. The van der Waals surface area contributed by atoms with E-state index in [-0.39, 0.29) is 12.5 Å². The van der Waals surface area contributed by atoms with Crippen molar-refractivity contribution in [1.29, 1.82) is 0 Å². The first-order chi connectivity index (χ1) is 9.77. The molecule has 0 radical (unpaired) electrons. The molecule has 20 heavy (non-hydrogen) atoms. The van der Waals surface area contributed by atoms with Gasteiger partial charge >= 0.3 is 5.97 Å². The average Bonchev–Trinajstić information content (AvgIpc) is 2.49. The summed E-state index contributed by atoms with van der Waals surface area (Å²) in [7, 11) is 0. The van der Waals surface area contributed by atoms with E-state index in [2.05, 4.69) is 24.3 Å². The number of carboxylic acid groups (broad SMARTS) is 1. The molecule has 2 aromatic carbocycles. The molecule has 104 valence electrons. The minimum Gasteiger partial charge on any atom is -0.480 e. The van der Waals surface area contributed by atoms with Gasteiger partial charge in [-0.3, -0.25) is 0 Å². The van der Waals surface area contributed by atoms with E-state index >= 15 is 0 Å². The molecular weight excluding hydrogens is 252 g/mol. The lowest BCUT2D eigenvalue weighted by Gasteiger charge is -2.17. The second-order valence-corrected chi connectivity index (χ2v) is 4.61. The fourth-order valence-corrected chi connectivity index (χ4v) is 2.26. The largest absolute Gasteiger partial charge is 0.480 e. The number of hydrogen-bond donors (Lipinski definition) is 1. The van der Waals surface area contributed by atoms with Crippen LogP contribution in [0.2, 0.25) is 0 Å². The highest BCUT2D eigenvalue weighted by Crippen LogP contribution is 2.27. The molecule has 0 atom stereocenters. The second-order valence-electron chi connectivity index (χ2n) is 4.61. The molecule has 0 spiro atoms. The Balaban J connectivity index is 2.07. The van der Waals surface area contributed by atoms with E-state index in [1.165, 1.54) is 11.1 Å². The third-order valence-electron chi connectivity index (χ3n) is 3.18. The summed E-state index contributed by atoms with van der Waals surface area (Å²) in [6.45, 7) is 0.192. The minimum absolute atomic E-state index is 0.228. The first kappa shape index (κ1) is 14.3. The van der Waals surface area contributed by atoms with Crippen molar-refractivity contribution in [3.05, 3.63) is 71.8 Å². The first-order valence-electron chi connectivity index (χ1n) is 6.67.